The Morgan fingerprint density at radius 3 is 2.23 bits per heavy atom. The highest BCUT2D eigenvalue weighted by molar-refractivity contribution is 5.75. The fraction of sp³-hybridized carbons (Fsp3) is 0.875. The number of carbonyl (C=O) groups is 2. The van der Waals surface area contributed by atoms with Gasteiger partial charge in [0.1, 0.15) is 0 Å². The molecule has 0 aromatic rings. The minimum absolute atomic E-state index is 0.0338. The second kappa shape index (κ2) is 6.44. The number of nitrogens with one attached hydrogen (secondary N) is 2. The van der Waals surface area contributed by atoms with Crippen molar-refractivity contribution in [2.45, 2.75) is 63.6 Å². The largest absolute Gasteiger partial charge is 0.480 e. The van der Waals surface area contributed by atoms with Gasteiger partial charge in [0.05, 0.1) is 6.54 Å². The van der Waals surface area contributed by atoms with Crippen molar-refractivity contribution in [1.82, 2.24) is 15.5 Å². The fourth-order valence-corrected chi connectivity index (χ4v) is 3.59. The third-order valence-electron chi connectivity index (χ3n) is 5.27. The van der Waals surface area contributed by atoms with E-state index in [1.54, 1.807) is 0 Å². The van der Waals surface area contributed by atoms with Gasteiger partial charge in [0, 0.05) is 18.1 Å². The smallest absolute Gasteiger partial charge is 0.317 e. The van der Waals surface area contributed by atoms with Crippen LogP contribution in [0.3, 0.4) is 0 Å². The van der Waals surface area contributed by atoms with E-state index in [4.69, 9.17) is 5.11 Å². The van der Waals surface area contributed by atoms with Gasteiger partial charge >= 0.3 is 12.0 Å². The zero-order valence-electron chi connectivity index (χ0n) is 13.3. The van der Waals surface area contributed by atoms with Crippen LogP contribution in [0.15, 0.2) is 0 Å². The predicted octanol–water partition coefficient (Wildman–Crippen LogP) is 1.41. The van der Waals surface area contributed by atoms with Crippen LogP contribution in [0.2, 0.25) is 0 Å². The molecule has 3 aliphatic carbocycles. The number of carboxylic acid groups (broad SMARTS) is 1. The van der Waals surface area contributed by atoms with E-state index in [-0.39, 0.29) is 24.7 Å². The third-order valence-corrected chi connectivity index (χ3v) is 5.27. The number of aliphatic carboxylic acids is 1. The van der Waals surface area contributed by atoms with E-state index in [0.29, 0.717) is 17.9 Å². The summed E-state index contributed by atoms with van der Waals surface area (Å²) < 4.78 is 0. The maximum absolute atomic E-state index is 12.1. The maximum atomic E-state index is 12.1. The first kappa shape index (κ1) is 15.6. The average Bonchev–Trinajstić information content (AvgIpc) is 3.29. The maximum Gasteiger partial charge on any atom is 0.317 e. The molecular weight excluding hydrogens is 282 g/mol. The highest BCUT2D eigenvalue weighted by Crippen LogP contribution is 2.44. The van der Waals surface area contributed by atoms with Gasteiger partial charge in [-0.05, 0) is 56.9 Å². The second-order valence-corrected chi connectivity index (χ2v) is 7.10. The molecule has 22 heavy (non-hydrogen) atoms. The Balaban J connectivity index is 1.37. The van der Waals surface area contributed by atoms with E-state index >= 15 is 0 Å². The second-order valence-electron chi connectivity index (χ2n) is 7.10. The van der Waals surface area contributed by atoms with Gasteiger partial charge in [-0.25, -0.2) is 4.79 Å². The standard InChI is InChI=1S/C16H27N3O3/c1-2-19(9-14(20)21)13-7-12(8-13)17-16(22)18-15(10-3-4-10)11-5-6-11/h10-13,15H,2-9H2,1H3,(H,20,21)(H2,17,18,22). The van der Waals surface area contributed by atoms with Crippen LogP contribution in [0.1, 0.15) is 45.4 Å². The summed E-state index contributed by atoms with van der Waals surface area (Å²) in [5.74, 6) is 0.629. The van der Waals surface area contributed by atoms with Gasteiger partial charge in [-0.1, -0.05) is 6.92 Å². The lowest BCUT2D eigenvalue weighted by atomic mass is 9.85. The van der Waals surface area contributed by atoms with Crippen LogP contribution in [0.5, 0.6) is 0 Å². The van der Waals surface area contributed by atoms with Gasteiger partial charge in [0.2, 0.25) is 0 Å². The normalized spacial score (nSPS) is 27.6. The van der Waals surface area contributed by atoms with Crippen LogP contribution in [0, 0.1) is 11.8 Å². The van der Waals surface area contributed by atoms with E-state index in [1.165, 1.54) is 25.7 Å². The van der Waals surface area contributed by atoms with Crippen LogP contribution >= 0.6 is 0 Å². The summed E-state index contributed by atoms with van der Waals surface area (Å²) in [5.41, 5.74) is 0. The Bertz CT molecular complexity index is 416. The van der Waals surface area contributed by atoms with Crippen molar-refractivity contribution in [2.24, 2.45) is 11.8 Å². The van der Waals surface area contributed by atoms with Crippen molar-refractivity contribution >= 4 is 12.0 Å². The van der Waals surface area contributed by atoms with Gasteiger partial charge in [-0.2, -0.15) is 0 Å². The molecule has 0 aliphatic heterocycles. The Kier molecular flexibility index (Phi) is 4.57. The van der Waals surface area contributed by atoms with E-state index in [0.717, 1.165) is 19.4 Å². The SMILES string of the molecule is CCN(CC(=O)O)C1CC(NC(=O)NC(C2CC2)C2CC2)C1. The van der Waals surface area contributed by atoms with Gasteiger partial charge in [0.15, 0.2) is 0 Å². The summed E-state index contributed by atoms with van der Waals surface area (Å²) >= 11 is 0. The van der Waals surface area contributed by atoms with E-state index in [1.807, 2.05) is 11.8 Å². The summed E-state index contributed by atoms with van der Waals surface area (Å²) in [6, 6.07) is 0.824. The Labute approximate surface area is 131 Å². The first-order chi connectivity index (χ1) is 10.6. The zero-order valence-corrected chi connectivity index (χ0v) is 13.3. The Morgan fingerprint density at radius 1 is 1.18 bits per heavy atom. The van der Waals surface area contributed by atoms with Crippen LogP contribution in [-0.2, 0) is 4.79 Å². The third kappa shape index (κ3) is 3.91. The number of likely N-dealkylation sites (N-methyl/N-ethyl adjacent to an activating group) is 1. The fourth-order valence-electron chi connectivity index (χ4n) is 3.59. The predicted molar refractivity (Wildman–Crippen MR) is 82.6 cm³/mol. The molecule has 3 saturated carbocycles. The number of hydrogen-bond donors (Lipinski definition) is 3. The van der Waals surface area contributed by atoms with Crippen molar-refractivity contribution in [3.8, 4) is 0 Å². The summed E-state index contributed by atoms with van der Waals surface area (Å²) in [5, 5.41) is 15.1. The molecule has 3 N–H and O–H groups in total. The molecule has 0 aromatic heterocycles. The number of hydrogen-bond acceptors (Lipinski definition) is 3. The molecule has 0 bridgehead atoms. The zero-order chi connectivity index (χ0) is 15.7. The summed E-state index contributed by atoms with van der Waals surface area (Å²) in [7, 11) is 0. The molecule has 0 spiro atoms. The number of rotatable bonds is 8. The highest BCUT2D eigenvalue weighted by atomic mass is 16.4. The molecule has 2 amide bonds. The molecule has 0 radical (unpaired) electrons. The first-order valence-electron chi connectivity index (χ1n) is 8.59. The lowest BCUT2D eigenvalue weighted by Gasteiger charge is -2.42. The number of carbonyl (C=O) groups excluding carboxylic acids is 1. The summed E-state index contributed by atoms with van der Waals surface area (Å²) in [6.07, 6.45) is 6.74. The lowest BCUT2D eigenvalue weighted by molar-refractivity contribution is -0.139. The number of urea groups is 1. The quantitative estimate of drug-likeness (QED) is 0.633. The molecule has 0 unspecified atom stereocenters. The van der Waals surface area contributed by atoms with Crippen LogP contribution in [0.25, 0.3) is 0 Å². The topological polar surface area (TPSA) is 81.7 Å². The van der Waals surface area contributed by atoms with E-state index in [2.05, 4.69) is 10.6 Å². The van der Waals surface area contributed by atoms with Crippen LogP contribution in [0.4, 0.5) is 4.79 Å². The molecule has 0 atom stereocenters. The number of carboxylic acids is 1. The van der Waals surface area contributed by atoms with Gasteiger partial charge in [-0.3, -0.25) is 9.69 Å². The molecule has 6 heteroatoms. The lowest BCUT2D eigenvalue weighted by Crippen LogP contribution is -2.57. The molecular formula is C16H27N3O3. The first-order valence-corrected chi connectivity index (χ1v) is 8.59. The minimum atomic E-state index is -0.785. The molecule has 124 valence electrons. The molecule has 3 fully saturated rings. The number of nitrogens with zero attached hydrogens (tertiary/aromatic N) is 1. The molecule has 3 rings (SSSR count). The monoisotopic (exact) mass is 309 g/mol. The summed E-state index contributed by atoms with van der Waals surface area (Å²) in [6.45, 7) is 2.80. The molecule has 0 heterocycles. The minimum Gasteiger partial charge on any atom is -0.480 e. The van der Waals surface area contributed by atoms with Crippen LogP contribution < -0.4 is 10.6 Å². The van der Waals surface area contributed by atoms with E-state index < -0.39 is 5.97 Å². The average molecular weight is 309 g/mol. The van der Waals surface area contributed by atoms with Crippen molar-refractivity contribution < 1.29 is 14.7 Å². The number of amides is 2. The Morgan fingerprint density at radius 2 is 1.77 bits per heavy atom. The molecule has 3 aliphatic rings. The molecule has 0 aromatic carbocycles. The van der Waals surface area contributed by atoms with Crippen LogP contribution in [-0.4, -0.2) is 53.2 Å². The van der Waals surface area contributed by atoms with Gasteiger partial charge in [0.25, 0.3) is 0 Å². The summed E-state index contributed by atoms with van der Waals surface area (Å²) in [4.78, 5) is 24.9. The van der Waals surface area contributed by atoms with Crippen molar-refractivity contribution in [3.05, 3.63) is 0 Å². The molecule has 6 nitrogen and oxygen atoms in total. The van der Waals surface area contributed by atoms with Gasteiger partial charge in [-0.15, -0.1) is 0 Å². The van der Waals surface area contributed by atoms with Crippen molar-refractivity contribution in [1.29, 1.82) is 0 Å². The highest BCUT2D eigenvalue weighted by Gasteiger charge is 2.43. The van der Waals surface area contributed by atoms with Crippen molar-refractivity contribution in [2.75, 3.05) is 13.1 Å². The van der Waals surface area contributed by atoms with Gasteiger partial charge < -0.3 is 15.7 Å². The van der Waals surface area contributed by atoms with E-state index in [9.17, 15) is 9.59 Å². The molecule has 0 saturated heterocycles. The van der Waals surface area contributed by atoms with Crippen molar-refractivity contribution in [3.63, 3.8) is 0 Å². The Hall–Kier alpha value is -1.30.